The van der Waals surface area contributed by atoms with Crippen LogP contribution in [-0.2, 0) is 17.5 Å². The highest BCUT2D eigenvalue weighted by Gasteiger charge is 2.40. The van der Waals surface area contributed by atoms with Gasteiger partial charge in [-0.25, -0.2) is 9.59 Å². The van der Waals surface area contributed by atoms with Gasteiger partial charge in [0.15, 0.2) is 0 Å². The maximum absolute atomic E-state index is 14.7. The van der Waals surface area contributed by atoms with E-state index < -0.39 is 29.1 Å². The molecule has 3 aromatic heterocycles. The standard InChI is InChI=1S/C27H30ClF3N4O3S2.C5H5NO/c1-14-11-33(12-15(2)35(14)25(37)38-26(3,4)5)23-17-10-18(27(29,30)31)20(19-9-16(28)13-40-19)22-21(17)34(24(36)32-23)7-6-8-39-22;7-5-3-1-2-4-6-5/h9-10,13-15H,6-8,11-12H2,1-5H3;1-4H,(H,6,7). The van der Waals surface area contributed by atoms with Crippen LogP contribution in [-0.4, -0.2) is 62.1 Å². The van der Waals surface area contributed by atoms with Crippen molar-refractivity contribution in [2.45, 2.75) is 76.3 Å². The number of H-pyrrole nitrogens is 1. The molecule has 1 amide bonds. The molecule has 0 saturated carbocycles. The van der Waals surface area contributed by atoms with Gasteiger partial charge < -0.3 is 14.6 Å². The number of nitrogens with one attached hydrogen (secondary N) is 1. The number of ether oxygens (including phenoxy) is 1. The number of carbonyl (C=O) groups is 1. The number of benzene rings is 1. The molecule has 0 radical (unpaired) electrons. The third-order valence-corrected chi connectivity index (χ3v) is 10.1. The van der Waals surface area contributed by atoms with Crippen LogP contribution in [0.3, 0.4) is 0 Å². The summed E-state index contributed by atoms with van der Waals surface area (Å²) in [5.41, 5.74) is -1.51. The number of hydrogen-bond donors (Lipinski definition) is 1. The number of anilines is 1. The molecule has 0 bridgehead atoms. The first-order chi connectivity index (χ1) is 22.0. The van der Waals surface area contributed by atoms with Crippen LogP contribution in [0.2, 0.25) is 5.02 Å². The average Bonchev–Trinajstić information content (AvgIpc) is 3.26. The van der Waals surface area contributed by atoms with Gasteiger partial charge in [0.25, 0.3) is 0 Å². The molecule has 9 nitrogen and oxygen atoms in total. The first-order valence-electron chi connectivity index (χ1n) is 15.0. The highest BCUT2D eigenvalue weighted by Crippen LogP contribution is 2.49. The van der Waals surface area contributed by atoms with Crippen molar-refractivity contribution in [1.29, 1.82) is 0 Å². The van der Waals surface area contributed by atoms with Crippen molar-refractivity contribution in [1.82, 2.24) is 19.4 Å². The van der Waals surface area contributed by atoms with Gasteiger partial charge >= 0.3 is 18.0 Å². The van der Waals surface area contributed by atoms with Crippen molar-refractivity contribution in [2.24, 2.45) is 0 Å². The lowest BCUT2D eigenvalue weighted by Gasteiger charge is -2.45. The Balaban J connectivity index is 0.000000549. The molecule has 2 aliphatic rings. The highest BCUT2D eigenvalue weighted by molar-refractivity contribution is 7.99. The SMILES string of the molecule is CC1CN(c2nc(=O)n3c4c(c(-c5cc(Cl)cs5)c(C(F)(F)F)cc24)SCCC3)CC(C)N1C(=O)OC(C)(C)C.O=c1cccc[nH]1. The maximum atomic E-state index is 14.7. The molecule has 2 aliphatic heterocycles. The smallest absolute Gasteiger partial charge is 0.417 e. The normalized spacial score (nSPS) is 18.4. The summed E-state index contributed by atoms with van der Waals surface area (Å²) in [6.45, 7) is 10.00. The van der Waals surface area contributed by atoms with Gasteiger partial charge in [-0.05, 0) is 65.0 Å². The summed E-state index contributed by atoms with van der Waals surface area (Å²) < 4.78 is 51.1. The topological polar surface area (TPSA) is 101 Å². The number of aryl methyl sites for hydroxylation is 1. The minimum absolute atomic E-state index is 0.0468. The number of piperazine rings is 1. The fourth-order valence-corrected chi connectivity index (χ4v) is 8.24. The molecule has 1 fully saturated rings. The monoisotopic (exact) mass is 709 g/mol. The van der Waals surface area contributed by atoms with Crippen molar-refractivity contribution in [3.05, 3.63) is 73.3 Å². The van der Waals surface area contributed by atoms with Crippen LogP contribution in [0.25, 0.3) is 21.3 Å². The summed E-state index contributed by atoms with van der Waals surface area (Å²) in [5.74, 6) is 0.755. The molecule has 0 aliphatic carbocycles. The number of rotatable bonds is 2. The van der Waals surface area contributed by atoms with E-state index >= 15 is 0 Å². The average molecular weight is 710 g/mol. The lowest BCUT2D eigenvalue weighted by Crippen LogP contribution is -2.59. The summed E-state index contributed by atoms with van der Waals surface area (Å²) >= 11 is 8.60. The largest absolute Gasteiger partial charge is 0.444 e. The minimum Gasteiger partial charge on any atom is -0.444 e. The van der Waals surface area contributed by atoms with E-state index in [4.69, 9.17) is 16.3 Å². The zero-order valence-corrected chi connectivity index (χ0v) is 28.9. The van der Waals surface area contributed by atoms with Crippen molar-refractivity contribution < 1.29 is 22.7 Å². The molecule has 4 aromatic rings. The van der Waals surface area contributed by atoms with Crippen molar-refractivity contribution in [2.75, 3.05) is 23.7 Å². The number of halogens is 4. The number of nitrogens with zero attached hydrogens (tertiary/aromatic N) is 4. The summed E-state index contributed by atoms with van der Waals surface area (Å²) in [6.07, 6.45) is -2.90. The summed E-state index contributed by atoms with van der Waals surface area (Å²) in [4.78, 5) is 47.6. The number of alkyl halides is 3. The second-order valence-electron chi connectivity index (χ2n) is 12.4. The Hall–Kier alpha value is -3.49. The van der Waals surface area contributed by atoms with Crippen LogP contribution in [0.5, 0.6) is 0 Å². The van der Waals surface area contributed by atoms with Crippen LogP contribution in [0.4, 0.5) is 23.8 Å². The van der Waals surface area contributed by atoms with Crippen LogP contribution in [0.15, 0.2) is 56.4 Å². The molecule has 5 heterocycles. The molecule has 252 valence electrons. The van der Waals surface area contributed by atoms with Gasteiger partial charge in [0.1, 0.15) is 11.4 Å². The number of aromatic nitrogens is 3. The zero-order valence-electron chi connectivity index (χ0n) is 26.5. The molecule has 1 saturated heterocycles. The second-order valence-corrected chi connectivity index (χ2v) is 14.9. The van der Waals surface area contributed by atoms with E-state index in [1.165, 1.54) is 28.5 Å². The van der Waals surface area contributed by atoms with Crippen LogP contribution in [0, 0.1) is 0 Å². The Kier molecular flexibility index (Phi) is 10.0. The first kappa shape index (κ1) is 34.8. The number of amides is 1. The fourth-order valence-electron chi connectivity index (χ4n) is 5.84. The lowest BCUT2D eigenvalue weighted by molar-refractivity contribution is -0.137. The molecule has 2 atom stereocenters. The van der Waals surface area contributed by atoms with E-state index in [0.717, 1.165) is 17.4 Å². The zero-order chi connectivity index (χ0) is 34.3. The highest BCUT2D eigenvalue weighted by atomic mass is 35.5. The van der Waals surface area contributed by atoms with Gasteiger partial charge in [-0.1, -0.05) is 17.7 Å². The predicted octanol–water partition coefficient (Wildman–Crippen LogP) is 7.50. The summed E-state index contributed by atoms with van der Waals surface area (Å²) in [5, 5.41) is 2.23. The molecular weight excluding hydrogens is 675 g/mol. The fraction of sp³-hybridized carbons (Fsp3) is 0.438. The van der Waals surface area contributed by atoms with Crippen molar-refractivity contribution >= 4 is 57.5 Å². The van der Waals surface area contributed by atoms with E-state index in [0.29, 0.717) is 39.0 Å². The number of thioether (sulfide) groups is 1. The van der Waals surface area contributed by atoms with E-state index in [-0.39, 0.29) is 47.5 Å². The Morgan fingerprint density at radius 1 is 1.11 bits per heavy atom. The van der Waals surface area contributed by atoms with Crippen LogP contribution in [0.1, 0.15) is 46.6 Å². The molecule has 2 unspecified atom stereocenters. The van der Waals surface area contributed by atoms with E-state index in [9.17, 15) is 27.6 Å². The van der Waals surface area contributed by atoms with E-state index in [1.807, 2.05) is 18.7 Å². The van der Waals surface area contributed by atoms with Crippen LogP contribution < -0.4 is 16.1 Å². The van der Waals surface area contributed by atoms with Gasteiger partial charge in [-0.15, -0.1) is 23.1 Å². The summed E-state index contributed by atoms with van der Waals surface area (Å²) in [7, 11) is 0. The Bertz CT molecular complexity index is 1870. The number of thiophene rings is 1. The lowest BCUT2D eigenvalue weighted by atomic mass is 10.0. The molecule has 1 N–H and O–H groups in total. The minimum atomic E-state index is -4.66. The van der Waals surface area contributed by atoms with Crippen LogP contribution >= 0.6 is 34.7 Å². The molecular formula is C32H35ClF3N5O4S2. The van der Waals surface area contributed by atoms with Gasteiger partial charge in [-0.3, -0.25) is 14.3 Å². The number of carbonyl (C=O) groups excluding carboxylic acids is 1. The number of hydrogen-bond acceptors (Lipinski definition) is 8. The Labute approximate surface area is 282 Å². The van der Waals surface area contributed by atoms with Gasteiger partial charge in [0, 0.05) is 58.0 Å². The van der Waals surface area contributed by atoms with Crippen molar-refractivity contribution in [3.63, 3.8) is 0 Å². The molecule has 1 aromatic carbocycles. The predicted molar refractivity (Wildman–Crippen MR) is 181 cm³/mol. The van der Waals surface area contributed by atoms with Gasteiger partial charge in [0.05, 0.1) is 28.2 Å². The third kappa shape index (κ3) is 7.65. The molecule has 47 heavy (non-hydrogen) atoms. The first-order valence-corrected chi connectivity index (χ1v) is 17.3. The van der Waals surface area contributed by atoms with Crippen molar-refractivity contribution in [3.8, 4) is 10.4 Å². The van der Waals surface area contributed by atoms with Gasteiger partial charge in [0.2, 0.25) is 5.56 Å². The quantitative estimate of drug-likeness (QED) is 0.230. The third-order valence-electron chi connectivity index (χ3n) is 7.59. The van der Waals surface area contributed by atoms with E-state index in [2.05, 4.69) is 9.97 Å². The Morgan fingerprint density at radius 3 is 2.34 bits per heavy atom. The maximum Gasteiger partial charge on any atom is 0.417 e. The molecule has 0 spiro atoms. The Morgan fingerprint density at radius 2 is 1.81 bits per heavy atom. The molecule has 15 heteroatoms. The number of pyridine rings is 1. The van der Waals surface area contributed by atoms with Gasteiger partial charge in [-0.2, -0.15) is 18.2 Å². The van der Waals surface area contributed by atoms with E-state index in [1.54, 1.807) is 49.4 Å². The molecule has 6 rings (SSSR count). The number of aromatic amines is 1. The summed E-state index contributed by atoms with van der Waals surface area (Å²) in [6, 6.07) is 6.92. The second kappa shape index (κ2) is 13.6.